The van der Waals surface area contributed by atoms with Gasteiger partial charge in [-0.3, -0.25) is 0 Å². The fourth-order valence-electron chi connectivity index (χ4n) is 1.93. The normalized spacial score (nSPS) is 19.2. The van der Waals surface area contributed by atoms with Crippen molar-refractivity contribution < 1.29 is 5.11 Å². The molecule has 1 fully saturated rings. The first-order valence-electron chi connectivity index (χ1n) is 4.81. The number of aromatic nitrogens is 2. The largest absolute Gasteiger partial charge is 0.394 e. The maximum atomic E-state index is 9.36. The minimum atomic E-state index is -0.351. The van der Waals surface area contributed by atoms with Gasteiger partial charge in [0.2, 0.25) is 5.28 Å². The third-order valence-electron chi connectivity index (χ3n) is 2.51. The highest BCUT2D eigenvalue weighted by molar-refractivity contribution is 6.32. The van der Waals surface area contributed by atoms with Gasteiger partial charge in [0.1, 0.15) is 11.0 Å². The molecule has 1 aromatic heterocycles. The van der Waals surface area contributed by atoms with Crippen molar-refractivity contribution in [1.29, 1.82) is 0 Å². The van der Waals surface area contributed by atoms with E-state index in [9.17, 15) is 5.11 Å². The number of anilines is 1. The van der Waals surface area contributed by atoms with Gasteiger partial charge in [-0.15, -0.1) is 0 Å². The van der Waals surface area contributed by atoms with E-state index in [4.69, 9.17) is 23.2 Å². The lowest BCUT2D eigenvalue weighted by Crippen LogP contribution is -2.66. The summed E-state index contributed by atoms with van der Waals surface area (Å²) in [6.07, 6.45) is 0. The van der Waals surface area contributed by atoms with Crippen molar-refractivity contribution in [2.24, 2.45) is 0 Å². The second-order valence-electron chi connectivity index (χ2n) is 4.08. The van der Waals surface area contributed by atoms with Gasteiger partial charge in [0.05, 0.1) is 12.1 Å². The maximum absolute atomic E-state index is 9.36. The van der Waals surface area contributed by atoms with Gasteiger partial charge in [-0.05, 0) is 18.6 Å². The van der Waals surface area contributed by atoms with E-state index in [0.29, 0.717) is 5.82 Å². The van der Waals surface area contributed by atoms with Gasteiger partial charge in [-0.2, -0.15) is 0 Å². The van der Waals surface area contributed by atoms with E-state index in [1.165, 1.54) is 0 Å². The van der Waals surface area contributed by atoms with Crippen molar-refractivity contribution in [3.8, 4) is 0 Å². The summed E-state index contributed by atoms with van der Waals surface area (Å²) in [6.45, 7) is 1.54. The van der Waals surface area contributed by atoms with Crippen molar-refractivity contribution in [3.05, 3.63) is 16.5 Å². The van der Waals surface area contributed by atoms with Crippen LogP contribution in [0.3, 0.4) is 0 Å². The number of aliphatic hydroxyl groups is 1. The molecule has 1 aliphatic heterocycles. The van der Waals surface area contributed by atoms with Crippen LogP contribution in [-0.4, -0.2) is 52.3 Å². The number of nitrogens with zero attached hydrogens (tertiary/aromatic N) is 3. The molecule has 16 heavy (non-hydrogen) atoms. The van der Waals surface area contributed by atoms with Crippen LogP contribution in [0.4, 0.5) is 5.82 Å². The summed E-state index contributed by atoms with van der Waals surface area (Å²) in [5.41, 5.74) is -0.351. The number of hydrogen-bond donors (Lipinski definition) is 2. The van der Waals surface area contributed by atoms with Crippen molar-refractivity contribution in [2.75, 3.05) is 32.1 Å². The second-order valence-corrected chi connectivity index (χ2v) is 4.81. The van der Waals surface area contributed by atoms with Gasteiger partial charge in [0, 0.05) is 19.2 Å². The van der Waals surface area contributed by atoms with E-state index < -0.39 is 0 Å². The molecule has 0 aromatic carbocycles. The van der Waals surface area contributed by atoms with Crippen molar-refractivity contribution in [1.82, 2.24) is 14.9 Å². The Morgan fingerprint density at radius 1 is 1.50 bits per heavy atom. The molecule has 1 aliphatic rings. The minimum absolute atomic E-state index is 0.0383. The zero-order valence-corrected chi connectivity index (χ0v) is 10.3. The molecule has 0 radical (unpaired) electrons. The van der Waals surface area contributed by atoms with Crippen molar-refractivity contribution in [3.63, 3.8) is 0 Å². The van der Waals surface area contributed by atoms with Gasteiger partial charge in [0.25, 0.3) is 0 Å². The van der Waals surface area contributed by atoms with Gasteiger partial charge in [-0.25, -0.2) is 9.97 Å². The molecule has 2 rings (SSSR count). The Morgan fingerprint density at radius 3 is 2.69 bits per heavy atom. The topological polar surface area (TPSA) is 61.3 Å². The summed E-state index contributed by atoms with van der Waals surface area (Å²) in [6, 6.07) is 1.59. The van der Waals surface area contributed by atoms with E-state index in [1.807, 2.05) is 7.05 Å². The molecule has 2 heterocycles. The molecular weight excluding hydrogens is 251 g/mol. The van der Waals surface area contributed by atoms with Crippen LogP contribution in [-0.2, 0) is 0 Å². The molecule has 7 heteroatoms. The molecule has 0 amide bonds. The first-order chi connectivity index (χ1) is 7.53. The van der Waals surface area contributed by atoms with E-state index in [1.54, 1.807) is 6.07 Å². The Bertz CT molecular complexity index is 375. The van der Waals surface area contributed by atoms with Crippen LogP contribution in [0.25, 0.3) is 0 Å². The molecule has 5 nitrogen and oxygen atoms in total. The maximum Gasteiger partial charge on any atom is 0.225 e. The number of nitrogens with one attached hydrogen (secondary N) is 1. The number of likely N-dealkylation sites (N-methyl/N-ethyl adjacent to an activating group) is 1. The Hall–Kier alpha value is -0.620. The molecular formula is C9H12Cl2N4O. The van der Waals surface area contributed by atoms with Gasteiger partial charge in [0.15, 0.2) is 0 Å². The Kier molecular flexibility index (Phi) is 3.21. The SMILES string of the molecule is CN1CC(CO)(Nc2cc(Cl)nc(Cl)n2)C1. The van der Waals surface area contributed by atoms with E-state index in [0.717, 1.165) is 13.1 Å². The van der Waals surface area contributed by atoms with Gasteiger partial charge in [-0.1, -0.05) is 11.6 Å². The summed E-state index contributed by atoms with van der Waals surface area (Å²) in [4.78, 5) is 9.85. The smallest absolute Gasteiger partial charge is 0.225 e. The van der Waals surface area contributed by atoms with E-state index in [2.05, 4.69) is 20.2 Å². The molecule has 88 valence electrons. The monoisotopic (exact) mass is 262 g/mol. The molecule has 1 saturated heterocycles. The summed E-state index contributed by atoms with van der Waals surface area (Å²) in [5.74, 6) is 0.534. The Morgan fingerprint density at radius 2 is 2.19 bits per heavy atom. The molecule has 0 atom stereocenters. The molecule has 1 aromatic rings. The highest BCUT2D eigenvalue weighted by Crippen LogP contribution is 2.25. The summed E-state index contributed by atoms with van der Waals surface area (Å²) < 4.78 is 0. The van der Waals surface area contributed by atoms with Crippen LogP contribution < -0.4 is 5.32 Å². The molecule has 0 unspecified atom stereocenters. The third-order valence-corrected chi connectivity index (χ3v) is 2.87. The van der Waals surface area contributed by atoms with E-state index in [-0.39, 0.29) is 22.6 Å². The lowest BCUT2D eigenvalue weighted by molar-refractivity contribution is 0.0609. The molecule has 0 aliphatic carbocycles. The first kappa shape index (κ1) is 11.9. The minimum Gasteiger partial charge on any atom is -0.394 e. The average Bonchev–Trinajstić information content (AvgIpc) is 2.13. The highest BCUT2D eigenvalue weighted by atomic mass is 35.5. The van der Waals surface area contributed by atoms with Gasteiger partial charge < -0.3 is 15.3 Å². The lowest BCUT2D eigenvalue weighted by atomic mass is 9.91. The Labute approximate surface area is 103 Å². The molecule has 0 bridgehead atoms. The number of hydrogen-bond acceptors (Lipinski definition) is 5. The van der Waals surface area contributed by atoms with Crippen LogP contribution in [0.1, 0.15) is 0 Å². The average molecular weight is 263 g/mol. The lowest BCUT2D eigenvalue weighted by Gasteiger charge is -2.48. The number of aliphatic hydroxyl groups excluding tert-OH is 1. The standard InChI is InChI=1S/C9H12Cl2N4O/c1-15-3-9(4-15,5-16)14-7-2-6(10)12-8(11)13-7/h2,16H,3-5H2,1H3,(H,12,13,14). The number of rotatable bonds is 3. The third kappa shape index (κ3) is 2.38. The first-order valence-corrected chi connectivity index (χ1v) is 5.56. The van der Waals surface area contributed by atoms with Crippen LogP contribution >= 0.6 is 23.2 Å². The Balaban J connectivity index is 2.14. The zero-order chi connectivity index (χ0) is 11.8. The van der Waals surface area contributed by atoms with Crippen LogP contribution in [0.5, 0.6) is 0 Å². The predicted octanol–water partition coefficient (Wildman–Crippen LogP) is 0.872. The number of likely N-dealkylation sites (tertiary alicyclic amines) is 1. The van der Waals surface area contributed by atoms with Gasteiger partial charge >= 0.3 is 0 Å². The highest BCUT2D eigenvalue weighted by Gasteiger charge is 2.40. The molecule has 0 saturated carbocycles. The summed E-state index contributed by atoms with van der Waals surface area (Å²) in [7, 11) is 1.98. The second kappa shape index (κ2) is 4.33. The van der Waals surface area contributed by atoms with Crippen LogP contribution in [0.2, 0.25) is 10.4 Å². The summed E-state index contributed by atoms with van der Waals surface area (Å²) >= 11 is 11.5. The number of halogens is 2. The van der Waals surface area contributed by atoms with Crippen molar-refractivity contribution >= 4 is 29.0 Å². The van der Waals surface area contributed by atoms with E-state index >= 15 is 0 Å². The van der Waals surface area contributed by atoms with Crippen molar-refractivity contribution in [2.45, 2.75) is 5.54 Å². The molecule has 0 spiro atoms. The predicted molar refractivity (Wildman–Crippen MR) is 63.0 cm³/mol. The fourth-order valence-corrected chi connectivity index (χ4v) is 2.34. The van der Waals surface area contributed by atoms with Crippen LogP contribution in [0, 0.1) is 0 Å². The quantitative estimate of drug-likeness (QED) is 0.626. The molecule has 2 N–H and O–H groups in total. The zero-order valence-electron chi connectivity index (χ0n) is 8.74. The summed E-state index contributed by atoms with van der Waals surface area (Å²) in [5, 5.41) is 12.9. The van der Waals surface area contributed by atoms with Crippen LogP contribution in [0.15, 0.2) is 6.07 Å². The fraction of sp³-hybridized carbons (Fsp3) is 0.556.